The number of aryl methyl sites for hydroxylation is 2. The molecule has 1 amide bonds. The number of nitrogens with one attached hydrogen (secondary N) is 1. The van der Waals surface area contributed by atoms with Crippen molar-refractivity contribution in [3.05, 3.63) is 17.5 Å². The van der Waals surface area contributed by atoms with Gasteiger partial charge in [0.15, 0.2) is 0 Å². The van der Waals surface area contributed by atoms with E-state index in [1.165, 1.54) is 12.8 Å². The van der Waals surface area contributed by atoms with E-state index in [-0.39, 0.29) is 5.91 Å². The lowest BCUT2D eigenvalue weighted by atomic mass is 10.2. The maximum Gasteiger partial charge on any atom is 0.254 e. The number of rotatable bonds is 3. The molecule has 0 unspecified atom stereocenters. The van der Waals surface area contributed by atoms with Crippen LogP contribution in [0.5, 0.6) is 0 Å². The topological polar surface area (TPSA) is 46.9 Å². The van der Waals surface area contributed by atoms with Gasteiger partial charge in [0.1, 0.15) is 0 Å². The fourth-order valence-corrected chi connectivity index (χ4v) is 1.48. The molecule has 1 N–H and O–H groups in total. The third-order valence-corrected chi connectivity index (χ3v) is 2.51. The van der Waals surface area contributed by atoms with Gasteiger partial charge < -0.3 is 5.32 Å². The zero-order valence-electron chi connectivity index (χ0n) is 8.58. The average molecular weight is 193 g/mol. The predicted octanol–water partition coefficient (Wildman–Crippen LogP) is 0.868. The molecule has 0 aromatic carbocycles. The molecule has 2 rings (SSSR count). The molecular formula is C10H15N3O. The van der Waals surface area contributed by atoms with Crippen LogP contribution in [0.4, 0.5) is 0 Å². The summed E-state index contributed by atoms with van der Waals surface area (Å²) in [6, 6.07) is 0. The second-order valence-electron chi connectivity index (χ2n) is 3.96. The summed E-state index contributed by atoms with van der Waals surface area (Å²) in [5.74, 6) is 0.721. The van der Waals surface area contributed by atoms with E-state index in [1.54, 1.807) is 10.9 Å². The number of carbonyl (C=O) groups is 1. The summed E-state index contributed by atoms with van der Waals surface area (Å²) < 4.78 is 1.67. The average Bonchev–Trinajstić information content (AvgIpc) is 2.88. The number of nitrogens with zero attached hydrogens (tertiary/aromatic N) is 2. The van der Waals surface area contributed by atoms with Crippen molar-refractivity contribution in [3.8, 4) is 0 Å². The number of carbonyl (C=O) groups excluding carboxylic acids is 1. The highest BCUT2D eigenvalue weighted by Crippen LogP contribution is 2.27. The molecule has 14 heavy (non-hydrogen) atoms. The first kappa shape index (κ1) is 9.24. The summed E-state index contributed by atoms with van der Waals surface area (Å²) in [5.41, 5.74) is 1.48. The summed E-state index contributed by atoms with van der Waals surface area (Å²) in [4.78, 5) is 11.6. The Balaban J connectivity index is 1.98. The van der Waals surface area contributed by atoms with Crippen LogP contribution in [0.3, 0.4) is 0 Å². The van der Waals surface area contributed by atoms with E-state index in [1.807, 2.05) is 14.0 Å². The van der Waals surface area contributed by atoms with E-state index in [2.05, 4.69) is 10.4 Å². The lowest BCUT2D eigenvalue weighted by Gasteiger charge is -2.01. The first-order valence-corrected chi connectivity index (χ1v) is 4.95. The lowest BCUT2D eigenvalue weighted by molar-refractivity contribution is 0.0951. The highest BCUT2D eigenvalue weighted by molar-refractivity contribution is 5.94. The maximum absolute atomic E-state index is 11.6. The lowest BCUT2D eigenvalue weighted by Crippen LogP contribution is -2.25. The van der Waals surface area contributed by atoms with E-state index in [9.17, 15) is 4.79 Å². The van der Waals surface area contributed by atoms with Gasteiger partial charge >= 0.3 is 0 Å². The van der Waals surface area contributed by atoms with Crippen molar-refractivity contribution in [2.24, 2.45) is 13.0 Å². The number of hydrogen-bond acceptors (Lipinski definition) is 2. The quantitative estimate of drug-likeness (QED) is 0.774. The van der Waals surface area contributed by atoms with E-state index in [4.69, 9.17) is 0 Å². The normalized spacial score (nSPS) is 15.6. The molecule has 1 aliphatic rings. The highest BCUT2D eigenvalue weighted by Gasteiger charge is 2.22. The molecule has 1 fully saturated rings. The molecule has 0 bridgehead atoms. The third-order valence-electron chi connectivity index (χ3n) is 2.51. The Bertz CT molecular complexity index is 352. The van der Waals surface area contributed by atoms with Gasteiger partial charge in [0, 0.05) is 19.8 Å². The zero-order valence-corrected chi connectivity index (χ0v) is 8.58. The van der Waals surface area contributed by atoms with E-state index in [0.29, 0.717) is 5.56 Å². The molecule has 4 heteroatoms. The molecule has 0 radical (unpaired) electrons. The molecule has 0 saturated heterocycles. The highest BCUT2D eigenvalue weighted by atomic mass is 16.1. The fraction of sp³-hybridized carbons (Fsp3) is 0.600. The molecule has 76 valence electrons. The Hall–Kier alpha value is -1.32. The Morgan fingerprint density at radius 3 is 2.93 bits per heavy atom. The summed E-state index contributed by atoms with van der Waals surface area (Å²) in [5, 5.41) is 7.05. The number of aromatic nitrogens is 2. The molecule has 1 aliphatic carbocycles. The summed E-state index contributed by atoms with van der Waals surface area (Å²) >= 11 is 0. The molecule has 0 spiro atoms. The van der Waals surface area contributed by atoms with Crippen LogP contribution >= 0.6 is 0 Å². The minimum atomic E-state index is 0.00231. The van der Waals surface area contributed by atoms with E-state index < -0.39 is 0 Å². The van der Waals surface area contributed by atoms with E-state index >= 15 is 0 Å². The van der Waals surface area contributed by atoms with Gasteiger partial charge in [-0.05, 0) is 25.7 Å². The van der Waals surface area contributed by atoms with Gasteiger partial charge in [-0.3, -0.25) is 9.48 Å². The van der Waals surface area contributed by atoms with Gasteiger partial charge in [-0.15, -0.1) is 0 Å². The smallest absolute Gasteiger partial charge is 0.254 e. The van der Waals surface area contributed by atoms with Crippen LogP contribution in [-0.2, 0) is 7.05 Å². The van der Waals surface area contributed by atoms with Crippen LogP contribution in [0.1, 0.15) is 28.9 Å². The Morgan fingerprint density at radius 1 is 1.71 bits per heavy atom. The van der Waals surface area contributed by atoms with Crippen molar-refractivity contribution in [1.29, 1.82) is 0 Å². The van der Waals surface area contributed by atoms with Crippen LogP contribution in [0.25, 0.3) is 0 Å². The third kappa shape index (κ3) is 1.95. The van der Waals surface area contributed by atoms with Crippen LogP contribution in [-0.4, -0.2) is 22.2 Å². The molecular weight excluding hydrogens is 178 g/mol. The van der Waals surface area contributed by atoms with Crippen molar-refractivity contribution in [3.63, 3.8) is 0 Å². The predicted molar refractivity (Wildman–Crippen MR) is 53.0 cm³/mol. The van der Waals surface area contributed by atoms with Gasteiger partial charge in [0.05, 0.1) is 11.3 Å². The minimum Gasteiger partial charge on any atom is -0.352 e. The van der Waals surface area contributed by atoms with Crippen LogP contribution in [0.15, 0.2) is 6.20 Å². The van der Waals surface area contributed by atoms with Crippen molar-refractivity contribution in [2.75, 3.05) is 6.54 Å². The second-order valence-corrected chi connectivity index (χ2v) is 3.96. The maximum atomic E-state index is 11.6. The first-order chi connectivity index (χ1) is 6.66. The van der Waals surface area contributed by atoms with E-state index in [0.717, 1.165) is 18.2 Å². The monoisotopic (exact) mass is 193 g/mol. The summed E-state index contributed by atoms with van der Waals surface area (Å²) in [6.45, 7) is 2.67. The molecule has 4 nitrogen and oxygen atoms in total. The van der Waals surface area contributed by atoms with Crippen molar-refractivity contribution < 1.29 is 4.79 Å². The van der Waals surface area contributed by atoms with Crippen molar-refractivity contribution >= 4 is 5.91 Å². The van der Waals surface area contributed by atoms with Crippen molar-refractivity contribution in [2.45, 2.75) is 19.8 Å². The Kier molecular flexibility index (Phi) is 2.27. The van der Waals surface area contributed by atoms with Gasteiger partial charge in [-0.25, -0.2) is 0 Å². The first-order valence-electron chi connectivity index (χ1n) is 4.95. The van der Waals surface area contributed by atoms with Crippen LogP contribution in [0.2, 0.25) is 0 Å². The standard InChI is InChI=1S/C10H15N3O/c1-7-9(6-13(2)12-7)10(14)11-5-8-3-4-8/h6,8H,3-5H2,1-2H3,(H,11,14). The summed E-state index contributed by atoms with van der Waals surface area (Å²) in [7, 11) is 1.82. The van der Waals surface area contributed by atoms with Crippen molar-refractivity contribution in [1.82, 2.24) is 15.1 Å². The molecule has 1 aromatic heterocycles. The molecule has 0 atom stereocenters. The van der Waals surface area contributed by atoms with Gasteiger partial charge in [0.2, 0.25) is 0 Å². The minimum absolute atomic E-state index is 0.00231. The van der Waals surface area contributed by atoms with Crippen LogP contribution < -0.4 is 5.32 Å². The van der Waals surface area contributed by atoms with Gasteiger partial charge in [-0.2, -0.15) is 5.10 Å². The zero-order chi connectivity index (χ0) is 10.1. The molecule has 1 saturated carbocycles. The Labute approximate surface area is 83.3 Å². The summed E-state index contributed by atoms with van der Waals surface area (Å²) in [6.07, 6.45) is 4.27. The number of amides is 1. The van der Waals surface area contributed by atoms with Gasteiger partial charge in [0.25, 0.3) is 5.91 Å². The SMILES string of the molecule is Cc1nn(C)cc1C(=O)NCC1CC1. The Morgan fingerprint density at radius 2 is 2.43 bits per heavy atom. The molecule has 1 heterocycles. The van der Waals surface area contributed by atoms with Crippen LogP contribution in [0, 0.1) is 12.8 Å². The molecule has 1 aromatic rings. The second kappa shape index (κ2) is 3.44. The largest absolute Gasteiger partial charge is 0.352 e. The number of hydrogen-bond donors (Lipinski definition) is 1. The van der Waals surface area contributed by atoms with Gasteiger partial charge in [-0.1, -0.05) is 0 Å². The fourth-order valence-electron chi connectivity index (χ4n) is 1.48. The molecule has 0 aliphatic heterocycles.